The van der Waals surface area contributed by atoms with E-state index in [2.05, 4.69) is 34.7 Å². The van der Waals surface area contributed by atoms with Gasteiger partial charge in [-0.1, -0.05) is 48.0 Å². The van der Waals surface area contributed by atoms with Gasteiger partial charge in [-0.2, -0.15) is 0 Å². The first-order valence-electron chi connectivity index (χ1n) is 6.92. The van der Waals surface area contributed by atoms with Crippen LogP contribution in [0.4, 0.5) is 0 Å². The fourth-order valence-corrected chi connectivity index (χ4v) is 2.12. The van der Waals surface area contributed by atoms with Crippen LogP contribution < -0.4 is 10.6 Å². The summed E-state index contributed by atoms with van der Waals surface area (Å²) in [5.74, 6) is 0.785. The molecule has 2 N–H and O–H groups in total. The van der Waals surface area contributed by atoms with Crippen LogP contribution in [0.5, 0.6) is 0 Å². The minimum Gasteiger partial charge on any atom is -0.352 e. The van der Waals surface area contributed by atoms with E-state index in [0.717, 1.165) is 17.5 Å². The first kappa shape index (κ1) is 15.4. The number of benzene rings is 2. The summed E-state index contributed by atoms with van der Waals surface area (Å²) in [6.07, 6.45) is 0. The van der Waals surface area contributed by atoms with Gasteiger partial charge < -0.3 is 10.6 Å². The molecule has 0 bridgehead atoms. The lowest BCUT2D eigenvalue weighted by molar-refractivity contribution is 0.806. The zero-order valence-corrected chi connectivity index (χ0v) is 13.1. The first-order chi connectivity index (χ1) is 10.2. The summed E-state index contributed by atoms with van der Waals surface area (Å²) in [4.78, 5) is 4.23. The summed E-state index contributed by atoms with van der Waals surface area (Å²) in [6, 6.07) is 16.1. The maximum absolute atomic E-state index is 5.88. The van der Waals surface area contributed by atoms with E-state index in [4.69, 9.17) is 11.6 Å². The van der Waals surface area contributed by atoms with Gasteiger partial charge in [0.2, 0.25) is 0 Å². The molecule has 0 unspecified atom stereocenters. The zero-order valence-electron chi connectivity index (χ0n) is 12.4. The minimum atomic E-state index is 0.713. The van der Waals surface area contributed by atoms with E-state index in [1.54, 1.807) is 7.05 Å². The third-order valence-corrected chi connectivity index (χ3v) is 3.56. The average molecular weight is 302 g/mol. The largest absolute Gasteiger partial charge is 0.352 e. The van der Waals surface area contributed by atoms with Gasteiger partial charge in [-0.25, -0.2) is 0 Å². The highest BCUT2D eigenvalue weighted by molar-refractivity contribution is 6.30. The van der Waals surface area contributed by atoms with Crippen molar-refractivity contribution in [1.82, 2.24) is 10.6 Å². The molecule has 0 aliphatic rings. The topological polar surface area (TPSA) is 36.4 Å². The fourth-order valence-electron chi connectivity index (χ4n) is 2.00. The van der Waals surface area contributed by atoms with Crippen LogP contribution >= 0.6 is 11.6 Å². The van der Waals surface area contributed by atoms with Gasteiger partial charge >= 0.3 is 0 Å². The quantitative estimate of drug-likeness (QED) is 0.670. The Balaban J connectivity index is 1.86. The van der Waals surface area contributed by atoms with Crippen molar-refractivity contribution in [2.75, 3.05) is 7.05 Å². The Bertz CT molecular complexity index is 606. The third kappa shape index (κ3) is 4.80. The number of aliphatic imine (C=N–C) groups is 1. The maximum Gasteiger partial charge on any atom is 0.191 e. The van der Waals surface area contributed by atoms with Crippen molar-refractivity contribution >= 4 is 17.6 Å². The highest BCUT2D eigenvalue weighted by Crippen LogP contribution is 2.09. The second-order valence-electron chi connectivity index (χ2n) is 4.83. The molecule has 2 aromatic rings. The van der Waals surface area contributed by atoms with Crippen LogP contribution in [0.2, 0.25) is 5.02 Å². The molecular formula is C17H20ClN3. The van der Waals surface area contributed by atoms with Crippen LogP contribution in [-0.2, 0) is 13.1 Å². The standard InChI is InChI=1S/C17H20ClN3/c1-13-5-3-4-6-15(13)12-21-17(19-2)20-11-14-7-9-16(18)10-8-14/h3-10H,11-12H2,1-2H3,(H2,19,20,21). The monoisotopic (exact) mass is 301 g/mol. The Morgan fingerprint density at radius 2 is 1.67 bits per heavy atom. The number of nitrogens with zero attached hydrogens (tertiary/aromatic N) is 1. The Morgan fingerprint density at radius 1 is 1.00 bits per heavy atom. The predicted molar refractivity (Wildman–Crippen MR) is 89.7 cm³/mol. The van der Waals surface area contributed by atoms with Crippen LogP contribution in [0.15, 0.2) is 53.5 Å². The second kappa shape index (κ2) is 7.70. The number of hydrogen-bond donors (Lipinski definition) is 2. The SMILES string of the molecule is CN=C(NCc1ccc(Cl)cc1)NCc1ccccc1C. The van der Waals surface area contributed by atoms with Gasteiger partial charge in [0.25, 0.3) is 0 Å². The molecule has 3 nitrogen and oxygen atoms in total. The Labute approximate surface area is 131 Å². The van der Waals surface area contributed by atoms with Crippen molar-refractivity contribution in [3.05, 3.63) is 70.2 Å². The molecule has 0 spiro atoms. The Hall–Kier alpha value is -2.00. The number of aryl methyl sites for hydroxylation is 1. The van der Waals surface area contributed by atoms with Crippen LogP contribution in [0, 0.1) is 6.92 Å². The lowest BCUT2D eigenvalue weighted by Gasteiger charge is -2.13. The highest BCUT2D eigenvalue weighted by Gasteiger charge is 2.01. The minimum absolute atomic E-state index is 0.713. The van der Waals surface area contributed by atoms with Gasteiger partial charge in [0.1, 0.15) is 0 Å². The number of rotatable bonds is 4. The number of nitrogens with one attached hydrogen (secondary N) is 2. The van der Waals surface area contributed by atoms with Crippen molar-refractivity contribution in [2.45, 2.75) is 20.0 Å². The average Bonchev–Trinajstić information content (AvgIpc) is 2.51. The molecule has 0 atom stereocenters. The molecule has 0 aliphatic heterocycles. The van der Waals surface area contributed by atoms with Crippen molar-refractivity contribution < 1.29 is 0 Å². The molecule has 0 amide bonds. The summed E-state index contributed by atoms with van der Waals surface area (Å²) >= 11 is 5.88. The summed E-state index contributed by atoms with van der Waals surface area (Å²) in [5, 5.41) is 7.36. The molecule has 0 fully saturated rings. The summed E-state index contributed by atoms with van der Waals surface area (Å²) < 4.78 is 0. The molecule has 0 heterocycles. The van der Waals surface area contributed by atoms with E-state index in [9.17, 15) is 0 Å². The molecule has 2 aromatic carbocycles. The van der Waals surface area contributed by atoms with Crippen molar-refractivity contribution in [1.29, 1.82) is 0 Å². The summed E-state index contributed by atoms with van der Waals surface area (Å²) in [5.41, 5.74) is 3.71. The zero-order chi connectivity index (χ0) is 15.1. The van der Waals surface area contributed by atoms with Crippen molar-refractivity contribution in [2.24, 2.45) is 4.99 Å². The van der Waals surface area contributed by atoms with Crippen molar-refractivity contribution in [3.63, 3.8) is 0 Å². The molecule has 2 rings (SSSR count). The molecule has 4 heteroatoms. The molecule has 0 aromatic heterocycles. The molecule has 0 saturated heterocycles. The number of guanidine groups is 1. The molecule has 0 saturated carbocycles. The van der Waals surface area contributed by atoms with Crippen LogP contribution in [0.1, 0.15) is 16.7 Å². The number of hydrogen-bond acceptors (Lipinski definition) is 1. The van der Waals surface area contributed by atoms with Crippen LogP contribution in [0.25, 0.3) is 0 Å². The lowest BCUT2D eigenvalue weighted by atomic mass is 10.1. The van der Waals surface area contributed by atoms with Gasteiger partial charge in [0.15, 0.2) is 5.96 Å². The predicted octanol–water partition coefficient (Wildman–Crippen LogP) is 3.51. The normalized spacial score (nSPS) is 11.3. The molecule has 0 aliphatic carbocycles. The van der Waals surface area contributed by atoms with Gasteiger partial charge in [0, 0.05) is 25.2 Å². The van der Waals surface area contributed by atoms with Gasteiger partial charge in [-0.3, -0.25) is 4.99 Å². The molecular weight excluding hydrogens is 282 g/mol. The summed E-state index contributed by atoms with van der Waals surface area (Å²) in [6.45, 7) is 3.58. The van der Waals surface area contributed by atoms with Crippen LogP contribution in [0.3, 0.4) is 0 Å². The smallest absolute Gasteiger partial charge is 0.191 e. The molecule has 110 valence electrons. The van der Waals surface area contributed by atoms with E-state index < -0.39 is 0 Å². The third-order valence-electron chi connectivity index (χ3n) is 3.30. The fraction of sp³-hybridized carbons (Fsp3) is 0.235. The van der Waals surface area contributed by atoms with E-state index in [0.29, 0.717) is 6.54 Å². The van der Waals surface area contributed by atoms with E-state index in [1.807, 2.05) is 36.4 Å². The lowest BCUT2D eigenvalue weighted by Crippen LogP contribution is -2.36. The van der Waals surface area contributed by atoms with E-state index in [-0.39, 0.29) is 0 Å². The Kier molecular flexibility index (Phi) is 5.64. The van der Waals surface area contributed by atoms with Crippen molar-refractivity contribution in [3.8, 4) is 0 Å². The first-order valence-corrected chi connectivity index (χ1v) is 7.30. The number of halogens is 1. The van der Waals surface area contributed by atoms with E-state index >= 15 is 0 Å². The second-order valence-corrected chi connectivity index (χ2v) is 5.27. The Morgan fingerprint density at radius 3 is 2.33 bits per heavy atom. The van der Waals surface area contributed by atoms with Gasteiger partial charge in [0.05, 0.1) is 0 Å². The van der Waals surface area contributed by atoms with Gasteiger partial charge in [-0.05, 0) is 35.7 Å². The summed E-state index contributed by atoms with van der Waals surface area (Å²) in [7, 11) is 1.77. The maximum atomic E-state index is 5.88. The highest BCUT2D eigenvalue weighted by atomic mass is 35.5. The van der Waals surface area contributed by atoms with E-state index in [1.165, 1.54) is 16.7 Å². The molecule has 0 radical (unpaired) electrons. The molecule has 21 heavy (non-hydrogen) atoms. The van der Waals surface area contributed by atoms with Gasteiger partial charge in [-0.15, -0.1) is 0 Å². The van der Waals surface area contributed by atoms with Crippen LogP contribution in [-0.4, -0.2) is 13.0 Å².